The molecule has 1 aromatic carbocycles. The van der Waals surface area contributed by atoms with Crippen LogP contribution < -0.4 is 5.32 Å². The highest BCUT2D eigenvalue weighted by Gasteiger charge is 2.10. The molecule has 0 radical (unpaired) electrons. The lowest BCUT2D eigenvalue weighted by atomic mass is 10.1. The van der Waals surface area contributed by atoms with Crippen LogP contribution in [-0.2, 0) is 4.74 Å². The second-order valence-corrected chi connectivity index (χ2v) is 6.21. The van der Waals surface area contributed by atoms with Crippen LogP contribution in [0.15, 0.2) is 27.6 Å². The minimum absolute atomic E-state index is 0.387. The minimum atomic E-state index is 0.387. The molecule has 0 fully saturated rings. The van der Waals surface area contributed by atoms with E-state index in [0.29, 0.717) is 6.04 Å². The van der Waals surface area contributed by atoms with E-state index in [0.717, 1.165) is 29.8 Å². The summed E-state index contributed by atoms with van der Waals surface area (Å²) in [6.45, 7) is 6.17. The Hall–Kier alpha value is -0.0300. The Labute approximate surface area is 123 Å². The summed E-state index contributed by atoms with van der Waals surface area (Å²) < 4.78 is 6.22. The first-order valence-electron chi connectivity index (χ1n) is 6.33. The van der Waals surface area contributed by atoms with Crippen molar-refractivity contribution in [2.45, 2.75) is 31.2 Å². The largest absolute Gasteiger partial charge is 0.385 e. The van der Waals surface area contributed by atoms with E-state index < -0.39 is 0 Å². The van der Waals surface area contributed by atoms with Crippen molar-refractivity contribution >= 4 is 27.7 Å². The molecule has 0 aliphatic carbocycles. The van der Waals surface area contributed by atoms with Gasteiger partial charge in [0, 0.05) is 34.9 Å². The molecular weight excluding hydrogens is 310 g/mol. The molecule has 1 N–H and O–H groups in total. The predicted molar refractivity (Wildman–Crippen MR) is 83.5 cm³/mol. The Bertz CT molecular complexity index is 360. The maximum absolute atomic E-state index is 5.08. The highest BCUT2D eigenvalue weighted by atomic mass is 79.9. The summed E-state index contributed by atoms with van der Waals surface area (Å²) in [5.41, 5.74) is 1.37. The summed E-state index contributed by atoms with van der Waals surface area (Å²) in [6, 6.07) is 6.91. The Balaban J connectivity index is 2.70. The highest BCUT2D eigenvalue weighted by Crippen LogP contribution is 2.30. The molecule has 0 saturated heterocycles. The smallest absolute Gasteiger partial charge is 0.0470 e. The molecule has 1 atom stereocenters. The molecule has 4 heteroatoms. The van der Waals surface area contributed by atoms with E-state index >= 15 is 0 Å². The summed E-state index contributed by atoms with van der Waals surface area (Å²) in [7, 11) is 1.75. The lowest BCUT2D eigenvalue weighted by molar-refractivity contribution is 0.200. The van der Waals surface area contributed by atoms with Crippen molar-refractivity contribution < 1.29 is 4.74 Å². The zero-order chi connectivity index (χ0) is 13.4. The fourth-order valence-corrected chi connectivity index (χ4v) is 3.22. The minimum Gasteiger partial charge on any atom is -0.385 e. The summed E-state index contributed by atoms with van der Waals surface area (Å²) in [4.78, 5) is 1.36. The van der Waals surface area contributed by atoms with Gasteiger partial charge in [0.2, 0.25) is 0 Å². The van der Waals surface area contributed by atoms with Gasteiger partial charge < -0.3 is 10.1 Å². The van der Waals surface area contributed by atoms with E-state index in [1.54, 1.807) is 7.11 Å². The van der Waals surface area contributed by atoms with Gasteiger partial charge >= 0.3 is 0 Å². The molecule has 1 rings (SSSR count). The topological polar surface area (TPSA) is 21.3 Å². The first kappa shape index (κ1) is 16.0. The quantitative estimate of drug-likeness (QED) is 0.568. The Morgan fingerprint density at radius 1 is 1.44 bits per heavy atom. The average molecular weight is 332 g/mol. The van der Waals surface area contributed by atoms with Gasteiger partial charge in [-0.25, -0.2) is 0 Å². The second-order valence-electron chi connectivity index (χ2n) is 4.16. The van der Waals surface area contributed by atoms with Crippen molar-refractivity contribution in [3.8, 4) is 0 Å². The van der Waals surface area contributed by atoms with E-state index in [2.05, 4.69) is 53.3 Å². The number of ether oxygens (including phenoxy) is 1. The number of hydrogen-bond acceptors (Lipinski definition) is 3. The lowest BCUT2D eigenvalue weighted by Gasteiger charge is -2.17. The first-order chi connectivity index (χ1) is 8.69. The van der Waals surface area contributed by atoms with Gasteiger partial charge in [-0.2, -0.15) is 0 Å². The van der Waals surface area contributed by atoms with Crippen LogP contribution in [-0.4, -0.2) is 26.0 Å². The summed E-state index contributed by atoms with van der Waals surface area (Å²) in [5, 5.41) is 3.47. The van der Waals surface area contributed by atoms with Crippen molar-refractivity contribution in [2.75, 3.05) is 26.0 Å². The highest BCUT2D eigenvalue weighted by molar-refractivity contribution is 9.10. The maximum Gasteiger partial charge on any atom is 0.0470 e. The van der Waals surface area contributed by atoms with E-state index in [4.69, 9.17) is 4.74 Å². The van der Waals surface area contributed by atoms with Crippen LogP contribution in [0.3, 0.4) is 0 Å². The lowest BCUT2D eigenvalue weighted by Crippen LogP contribution is -2.18. The molecule has 0 saturated carbocycles. The Kier molecular flexibility index (Phi) is 7.98. The van der Waals surface area contributed by atoms with E-state index in [-0.39, 0.29) is 0 Å². The molecule has 102 valence electrons. The Morgan fingerprint density at radius 2 is 2.22 bits per heavy atom. The van der Waals surface area contributed by atoms with Crippen molar-refractivity contribution in [1.29, 1.82) is 0 Å². The first-order valence-corrected chi connectivity index (χ1v) is 8.11. The van der Waals surface area contributed by atoms with Crippen LogP contribution in [0.2, 0.25) is 0 Å². The van der Waals surface area contributed by atoms with Crippen LogP contribution in [0, 0.1) is 0 Å². The third-order valence-electron chi connectivity index (χ3n) is 2.70. The summed E-state index contributed by atoms with van der Waals surface area (Å²) >= 11 is 5.46. The average Bonchev–Trinajstić information content (AvgIpc) is 2.36. The molecule has 18 heavy (non-hydrogen) atoms. The molecule has 0 heterocycles. The molecule has 1 unspecified atom stereocenters. The number of rotatable bonds is 8. The van der Waals surface area contributed by atoms with E-state index in [1.807, 2.05) is 11.8 Å². The SMILES string of the molecule is CCNC(C)c1cc(Br)ccc1SCCCOC. The zero-order valence-corrected chi connectivity index (χ0v) is 13.7. The molecule has 0 aliphatic heterocycles. The van der Waals surface area contributed by atoms with Crippen molar-refractivity contribution in [2.24, 2.45) is 0 Å². The van der Waals surface area contributed by atoms with Gasteiger partial charge in [-0.05, 0) is 43.7 Å². The van der Waals surface area contributed by atoms with Gasteiger partial charge in [0.1, 0.15) is 0 Å². The van der Waals surface area contributed by atoms with Crippen LogP contribution in [0.5, 0.6) is 0 Å². The van der Waals surface area contributed by atoms with Gasteiger partial charge in [-0.15, -0.1) is 11.8 Å². The summed E-state index contributed by atoms with van der Waals surface area (Å²) in [6.07, 6.45) is 1.09. The number of methoxy groups -OCH3 is 1. The fraction of sp³-hybridized carbons (Fsp3) is 0.571. The molecule has 0 aliphatic rings. The predicted octanol–water partition coefficient (Wildman–Crippen LogP) is 4.25. The van der Waals surface area contributed by atoms with E-state index in [9.17, 15) is 0 Å². The molecular formula is C14H22BrNOS. The van der Waals surface area contributed by atoms with Crippen LogP contribution in [0.4, 0.5) is 0 Å². The van der Waals surface area contributed by atoms with Crippen LogP contribution in [0.25, 0.3) is 0 Å². The third kappa shape index (κ3) is 5.31. The monoisotopic (exact) mass is 331 g/mol. The fourth-order valence-electron chi connectivity index (χ4n) is 1.79. The molecule has 2 nitrogen and oxygen atoms in total. The van der Waals surface area contributed by atoms with Crippen LogP contribution in [0.1, 0.15) is 31.9 Å². The van der Waals surface area contributed by atoms with Crippen molar-refractivity contribution in [1.82, 2.24) is 5.32 Å². The van der Waals surface area contributed by atoms with Gasteiger partial charge in [0.05, 0.1) is 0 Å². The molecule has 0 spiro atoms. The van der Waals surface area contributed by atoms with E-state index in [1.165, 1.54) is 10.5 Å². The number of thioether (sulfide) groups is 1. The Morgan fingerprint density at radius 3 is 2.89 bits per heavy atom. The maximum atomic E-state index is 5.08. The van der Waals surface area contributed by atoms with Gasteiger partial charge in [0.25, 0.3) is 0 Å². The van der Waals surface area contributed by atoms with Crippen molar-refractivity contribution in [3.63, 3.8) is 0 Å². The number of halogens is 1. The number of hydrogen-bond donors (Lipinski definition) is 1. The molecule has 0 aromatic heterocycles. The second kappa shape index (κ2) is 8.97. The van der Waals surface area contributed by atoms with Gasteiger partial charge in [-0.1, -0.05) is 22.9 Å². The molecule has 1 aromatic rings. The van der Waals surface area contributed by atoms with Gasteiger partial charge in [-0.3, -0.25) is 0 Å². The standard InChI is InChI=1S/C14H22BrNOS/c1-4-16-11(2)13-10-12(15)6-7-14(13)18-9-5-8-17-3/h6-7,10-11,16H,4-5,8-9H2,1-3H3. The van der Waals surface area contributed by atoms with Crippen molar-refractivity contribution in [3.05, 3.63) is 28.2 Å². The van der Waals surface area contributed by atoms with Gasteiger partial charge in [0.15, 0.2) is 0 Å². The number of benzene rings is 1. The third-order valence-corrected chi connectivity index (χ3v) is 4.37. The molecule has 0 bridgehead atoms. The molecule has 0 amide bonds. The number of nitrogens with one attached hydrogen (secondary N) is 1. The normalized spacial score (nSPS) is 12.7. The van der Waals surface area contributed by atoms with Crippen LogP contribution >= 0.6 is 27.7 Å². The zero-order valence-electron chi connectivity index (χ0n) is 11.3. The summed E-state index contributed by atoms with van der Waals surface area (Å²) in [5.74, 6) is 1.10.